The summed E-state index contributed by atoms with van der Waals surface area (Å²) in [7, 11) is 0. The Labute approximate surface area is 141 Å². The van der Waals surface area contributed by atoms with Gasteiger partial charge in [-0.1, -0.05) is 23.7 Å². The Balaban J connectivity index is 1.84. The van der Waals surface area contributed by atoms with Gasteiger partial charge in [0.25, 0.3) is 0 Å². The van der Waals surface area contributed by atoms with Gasteiger partial charge in [-0.2, -0.15) is 4.68 Å². The van der Waals surface area contributed by atoms with Crippen molar-refractivity contribution in [3.63, 3.8) is 0 Å². The van der Waals surface area contributed by atoms with Crippen molar-refractivity contribution in [2.45, 2.75) is 6.54 Å². The number of Topliss-reactive ketones (excluding diaryl/α,β-unsaturated/α-hetero) is 1. The van der Waals surface area contributed by atoms with Crippen molar-refractivity contribution < 1.29 is 9.21 Å². The molecule has 0 spiro atoms. The molecule has 0 radical (unpaired) electrons. The van der Waals surface area contributed by atoms with Crippen molar-refractivity contribution in [3.8, 4) is 0 Å². The molecule has 0 fully saturated rings. The van der Waals surface area contributed by atoms with E-state index >= 15 is 0 Å². The van der Waals surface area contributed by atoms with E-state index in [2.05, 4.69) is 10.5 Å². The third-order valence-electron chi connectivity index (χ3n) is 3.05. The first-order valence-electron chi connectivity index (χ1n) is 6.59. The lowest BCUT2D eigenvalue weighted by Crippen LogP contribution is -2.14. The van der Waals surface area contributed by atoms with E-state index in [1.807, 2.05) is 0 Å². The molecule has 0 atom stereocenters. The van der Waals surface area contributed by atoms with Gasteiger partial charge in [0.2, 0.25) is 16.6 Å². The zero-order valence-electron chi connectivity index (χ0n) is 11.8. The van der Waals surface area contributed by atoms with E-state index in [0.717, 1.165) is 0 Å². The number of nitrogens with one attached hydrogen (secondary N) is 1. The minimum absolute atomic E-state index is 0.0454. The van der Waals surface area contributed by atoms with Gasteiger partial charge in [0, 0.05) is 16.7 Å². The molecule has 118 valence electrons. The number of aromatic nitrogens is 3. The third kappa shape index (κ3) is 3.27. The van der Waals surface area contributed by atoms with E-state index in [1.165, 1.54) is 15.6 Å². The van der Waals surface area contributed by atoms with Crippen molar-refractivity contribution >= 4 is 41.4 Å². The normalized spacial score (nSPS) is 10.7. The molecule has 0 amide bonds. The van der Waals surface area contributed by atoms with Crippen LogP contribution in [0.25, 0.3) is 0 Å². The minimum atomic E-state index is -0.175. The quantitative estimate of drug-likeness (QED) is 0.543. The Kier molecular flexibility index (Phi) is 4.18. The summed E-state index contributed by atoms with van der Waals surface area (Å²) >= 11 is 11.2. The highest BCUT2D eigenvalue weighted by Crippen LogP contribution is 2.13. The number of nitrogens with two attached hydrogens (primary N) is 1. The third-order valence-corrected chi connectivity index (χ3v) is 3.68. The lowest BCUT2D eigenvalue weighted by molar-refractivity contribution is 0.0967. The van der Waals surface area contributed by atoms with E-state index in [0.29, 0.717) is 16.5 Å². The summed E-state index contributed by atoms with van der Waals surface area (Å²) in [6, 6.07) is 10.1. The topological polar surface area (TPSA) is 91.0 Å². The molecular weight excluding hydrogens is 338 g/mol. The fourth-order valence-corrected chi connectivity index (χ4v) is 2.41. The standard InChI is InChI=1S/C14H12ClN5O2S/c15-10-4-1-3-9(7-10)11(21)8-19-14(23)20(13(16)18-19)17-12-5-2-6-22-12/h1-7,17H,8H2,(H2,16,18). The summed E-state index contributed by atoms with van der Waals surface area (Å²) in [5.74, 6) is 0.394. The fraction of sp³-hybridized carbons (Fsp3) is 0.0714. The molecule has 7 nitrogen and oxygen atoms in total. The maximum atomic E-state index is 12.3. The molecule has 2 heterocycles. The van der Waals surface area contributed by atoms with Gasteiger partial charge in [-0.05, 0) is 30.4 Å². The molecule has 0 bridgehead atoms. The fourth-order valence-electron chi connectivity index (χ4n) is 1.97. The van der Waals surface area contributed by atoms with Gasteiger partial charge in [0.15, 0.2) is 5.78 Å². The van der Waals surface area contributed by atoms with Crippen molar-refractivity contribution in [1.29, 1.82) is 0 Å². The molecule has 3 aromatic rings. The maximum Gasteiger partial charge on any atom is 0.240 e. The number of rotatable bonds is 5. The molecule has 3 N–H and O–H groups in total. The second-order valence-corrected chi connectivity index (χ2v) is 5.46. The van der Waals surface area contributed by atoms with Crippen LogP contribution in [0.1, 0.15) is 10.4 Å². The Morgan fingerprint density at radius 2 is 2.22 bits per heavy atom. The molecule has 0 saturated heterocycles. The van der Waals surface area contributed by atoms with Gasteiger partial charge >= 0.3 is 0 Å². The molecular formula is C14H12ClN5O2S. The molecule has 23 heavy (non-hydrogen) atoms. The van der Waals surface area contributed by atoms with E-state index in [-0.39, 0.29) is 23.0 Å². The first-order valence-corrected chi connectivity index (χ1v) is 7.38. The predicted molar refractivity (Wildman–Crippen MR) is 89.0 cm³/mol. The van der Waals surface area contributed by atoms with Crippen molar-refractivity contribution in [3.05, 3.63) is 58.0 Å². The highest BCUT2D eigenvalue weighted by atomic mass is 35.5. The summed E-state index contributed by atoms with van der Waals surface area (Å²) in [5.41, 5.74) is 9.17. The van der Waals surface area contributed by atoms with Crippen LogP contribution >= 0.6 is 23.8 Å². The highest BCUT2D eigenvalue weighted by Gasteiger charge is 2.13. The average Bonchev–Trinajstić information content (AvgIpc) is 3.12. The minimum Gasteiger partial charge on any atom is -0.447 e. The molecule has 0 unspecified atom stereocenters. The van der Waals surface area contributed by atoms with Gasteiger partial charge in [-0.25, -0.2) is 4.68 Å². The van der Waals surface area contributed by atoms with Gasteiger partial charge in [-0.15, -0.1) is 5.10 Å². The summed E-state index contributed by atoms with van der Waals surface area (Å²) in [6.45, 7) is -0.0454. The molecule has 2 aromatic heterocycles. The van der Waals surface area contributed by atoms with Crippen LogP contribution in [0.5, 0.6) is 0 Å². The number of halogens is 1. The number of carbonyl (C=O) groups excluding carboxylic acids is 1. The number of hydrogen-bond acceptors (Lipinski definition) is 6. The van der Waals surface area contributed by atoms with E-state index in [1.54, 1.807) is 36.4 Å². The monoisotopic (exact) mass is 349 g/mol. The van der Waals surface area contributed by atoms with E-state index < -0.39 is 0 Å². The Morgan fingerprint density at radius 1 is 1.39 bits per heavy atom. The Morgan fingerprint density at radius 3 is 2.91 bits per heavy atom. The zero-order chi connectivity index (χ0) is 16.4. The number of nitrogens with zero attached hydrogens (tertiary/aromatic N) is 3. The lowest BCUT2D eigenvalue weighted by atomic mass is 10.1. The van der Waals surface area contributed by atoms with E-state index in [4.69, 9.17) is 34.0 Å². The first-order chi connectivity index (χ1) is 11.0. The lowest BCUT2D eigenvalue weighted by Gasteiger charge is -2.04. The van der Waals surface area contributed by atoms with Crippen LogP contribution in [0.3, 0.4) is 0 Å². The van der Waals surface area contributed by atoms with Gasteiger partial charge in [0.05, 0.1) is 6.26 Å². The smallest absolute Gasteiger partial charge is 0.240 e. The summed E-state index contributed by atoms with van der Waals surface area (Å²) < 4.78 is 8.11. The van der Waals surface area contributed by atoms with Crippen LogP contribution in [-0.4, -0.2) is 20.2 Å². The SMILES string of the molecule is Nc1nn(CC(=O)c2cccc(Cl)c2)c(=S)n1Nc1ccco1. The molecule has 3 rings (SSSR count). The average molecular weight is 350 g/mol. The Hall–Kier alpha value is -2.58. The van der Waals surface area contributed by atoms with Crippen molar-refractivity contribution in [2.24, 2.45) is 0 Å². The molecule has 0 aliphatic rings. The number of carbonyl (C=O) groups is 1. The maximum absolute atomic E-state index is 12.3. The number of furan rings is 1. The van der Waals surface area contributed by atoms with Crippen molar-refractivity contribution in [2.75, 3.05) is 11.2 Å². The highest BCUT2D eigenvalue weighted by molar-refractivity contribution is 7.71. The molecule has 0 aliphatic heterocycles. The van der Waals surface area contributed by atoms with E-state index in [9.17, 15) is 4.79 Å². The van der Waals surface area contributed by atoms with Crippen LogP contribution < -0.4 is 11.2 Å². The van der Waals surface area contributed by atoms with Crippen LogP contribution in [0, 0.1) is 4.77 Å². The number of ketones is 1. The predicted octanol–water partition coefficient (Wildman–Crippen LogP) is 3.00. The number of hydrogen-bond donors (Lipinski definition) is 2. The van der Waals surface area contributed by atoms with Gasteiger partial charge < -0.3 is 10.2 Å². The second kappa shape index (κ2) is 6.27. The Bertz CT molecular complexity index is 900. The van der Waals surface area contributed by atoms with Crippen LogP contribution in [0.15, 0.2) is 47.1 Å². The number of nitrogen functional groups attached to an aromatic ring is 1. The summed E-state index contributed by atoms with van der Waals surface area (Å²) in [6.07, 6.45) is 1.51. The first kappa shape index (κ1) is 15.3. The zero-order valence-corrected chi connectivity index (χ0v) is 13.3. The van der Waals surface area contributed by atoms with Gasteiger partial charge in [0.1, 0.15) is 6.54 Å². The van der Waals surface area contributed by atoms with Crippen LogP contribution in [0.2, 0.25) is 5.02 Å². The van der Waals surface area contributed by atoms with Crippen LogP contribution in [0.4, 0.5) is 11.8 Å². The molecule has 0 aliphatic carbocycles. The van der Waals surface area contributed by atoms with Crippen LogP contribution in [-0.2, 0) is 6.54 Å². The second-order valence-electron chi connectivity index (χ2n) is 4.66. The largest absolute Gasteiger partial charge is 0.447 e. The van der Waals surface area contributed by atoms with Gasteiger partial charge in [-0.3, -0.25) is 10.2 Å². The number of anilines is 2. The van der Waals surface area contributed by atoms with Crippen molar-refractivity contribution in [1.82, 2.24) is 14.5 Å². The molecule has 1 aromatic carbocycles. The number of benzene rings is 1. The molecule has 0 saturated carbocycles. The summed E-state index contributed by atoms with van der Waals surface area (Å²) in [5, 5.41) is 4.56. The molecule has 9 heteroatoms. The summed E-state index contributed by atoms with van der Waals surface area (Å²) in [4.78, 5) is 12.3.